The van der Waals surface area contributed by atoms with E-state index >= 15 is 0 Å². The summed E-state index contributed by atoms with van der Waals surface area (Å²) in [5.74, 6) is 1.22. The minimum Gasteiger partial charge on any atom is -0.495 e. The van der Waals surface area contributed by atoms with Crippen LogP contribution in [0.2, 0.25) is 0 Å². The minimum atomic E-state index is 0.328. The van der Waals surface area contributed by atoms with Gasteiger partial charge < -0.3 is 9.47 Å². The van der Waals surface area contributed by atoms with Crippen molar-refractivity contribution in [1.29, 1.82) is 10.5 Å². The summed E-state index contributed by atoms with van der Waals surface area (Å²) in [5.41, 5.74) is 2.86. The number of methoxy groups -OCH3 is 1. The maximum absolute atomic E-state index is 9.06. The third-order valence-corrected chi connectivity index (χ3v) is 3.10. The van der Waals surface area contributed by atoms with Crippen molar-refractivity contribution in [1.82, 2.24) is 0 Å². The van der Waals surface area contributed by atoms with Crippen LogP contribution in [0.25, 0.3) is 0 Å². The lowest BCUT2D eigenvalue weighted by Gasteiger charge is -2.10. The van der Waals surface area contributed by atoms with Crippen molar-refractivity contribution < 1.29 is 9.47 Å². The van der Waals surface area contributed by atoms with Gasteiger partial charge in [0.2, 0.25) is 0 Å². The molecule has 0 unspecified atom stereocenters. The van der Waals surface area contributed by atoms with Crippen LogP contribution in [-0.2, 0) is 6.61 Å². The molecule has 0 aliphatic heterocycles. The molecule has 0 atom stereocenters. The van der Waals surface area contributed by atoms with Crippen LogP contribution in [0.4, 0.5) is 0 Å². The van der Waals surface area contributed by atoms with Crippen molar-refractivity contribution in [2.45, 2.75) is 13.5 Å². The number of rotatable bonds is 4. The number of hydrogen-bond donors (Lipinski definition) is 0. The molecule has 0 saturated heterocycles. The molecule has 4 heteroatoms. The molecule has 4 nitrogen and oxygen atoms in total. The molecule has 2 aromatic carbocycles. The Morgan fingerprint density at radius 2 is 1.81 bits per heavy atom. The first-order chi connectivity index (χ1) is 10.2. The minimum absolute atomic E-state index is 0.328. The van der Waals surface area contributed by atoms with E-state index in [9.17, 15) is 0 Å². The standard InChI is InChI=1S/C17H14N2O2/c1-12-3-4-13(9-18)8-17(12)21-11-14-5-6-16(20-2)15(7-14)10-19/h3-8H,11H2,1-2H3. The average molecular weight is 278 g/mol. The maximum atomic E-state index is 9.06. The highest BCUT2D eigenvalue weighted by atomic mass is 16.5. The van der Waals surface area contributed by atoms with Crippen LogP contribution in [0.3, 0.4) is 0 Å². The molecule has 2 aromatic rings. The second-order valence-corrected chi connectivity index (χ2v) is 4.53. The first-order valence-corrected chi connectivity index (χ1v) is 6.38. The molecular weight excluding hydrogens is 264 g/mol. The predicted octanol–water partition coefficient (Wildman–Crippen LogP) is 3.33. The molecule has 0 fully saturated rings. The topological polar surface area (TPSA) is 66.0 Å². The van der Waals surface area contributed by atoms with Gasteiger partial charge in [-0.3, -0.25) is 0 Å². The number of nitriles is 2. The van der Waals surface area contributed by atoms with E-state index in [4.69, 9.17) is 20.0 Å². The van der Waals surface area contributed by atoms with Crippen LogP contribution in [-0.4, -0.2) is 7.11 Å². The lowest BCUT2D eigenvalue weighted by molar-refractivity contribution is 0.303. The Morgan fingerprint density at radius 3 is 2.48 bits per heavy atom. The van der Waals surface area contributed by atoms with E-state index in [-0.39, 0.29) is 0 Å². The molecule has 0 aromatic heterocycles. The Hall–Kier alpha value is -2.98. The van der Waals surface area contributed by atoms with Gasteiger partial charge >= 0.3 is 0 Å². The van der Waals surface area contributed by atoms with Crippen molar-refractivity contribution in [2.24, 2.45) is 0 Å². The van der Waals surface area contributed by atoms with Crippen LogP contribution in [0.1, 0.15) is 22.3 Å². The lowest BCUT2D eigenvalue weighted by Crippen LogP contribution is -1.99. The zero-order chi connectivity index (χ0) is 15.2. The van der Waals surface area contributed by atoms with Gasteiger partial charge in [0.25, 0.3) is 0 Å². The zero-order valence-electron chi connectivity index (χ0n) is 11.9. The Bertz CT molecular complexity index is 739. The molecule has 0 radical (unpaired) electrons. The fourth-order valence-electron chi connectivity index (χ4n) is 1.92. The summed E-state index contributed by atoms with van der Waals surface area (Å²) in [6.07, 6.45) is 0. The fourth-order valence-corrected chi connectivity index (χ4v) is 1.92. The summed E-state index contributed by atoms with van der Waals surface area (Å²) in [5, 5.41) is 18.0. The van der Waals surface area contributed by atoms with E-state index in [1.54, 1.807) is 24.3 Å². The Balaban J connectivity index is 2.17. The molecule has 0 spiro atoms. The molecule has 0 saturated carbocycles. The van der Waals surface area contributed by atoms with Crippen LogP contribution in [0.5, 0.6) is 11.5 Å². The Morgan fingerprint density at radius 1 is 1.00 bits per heavy atom. The first-order valence-electron chi connectivity index (χ1n) is 6.38. The van der Waals surface area contributed by atoms with Crippen LogP contribution >= 0.6 is 0 Å². The van der Waals surface area contributed by atoms with Gasteiger partial charge in [0.15, 0.2) is 0 Å². The normalized spacial score (nSPS) is 9.52. The second-order valence-electron chi connectivity index (χ2n) is 4.53. The highest BCUT2D eigenvalue weighted by molar-refractivity contribution is 5.46. The number of benzene rings is 2. The number of nitrogens with zero attached hydrogens (tertiary/aromatic N) is 2. The summed E-state index contributed by atoms with van der Waals surface area (Å²) >= 11 is 0. The molecular formula is C17H14N2O2. The van der Waals surface area contributed by atoms with Gasteiger partial charge in [-0.25, -0.2) is 0 Å². The molecule has 0 aliphatic rings. The van der Waals surface area contributed by atoms with E-state index in [0.717, 1.165) is 11.1 Å². The van der Waals surface area contributed by atoms with E-state index in [1.165, 1.54) is 7.11 Å². The first kappa shape index (κ1) is 14.4. The van der Waals surface area contributed by atoms with Gasteiger partial charge in [0.1, 0.15) is 24.2 Å². The molecule has 0 bridgehead atoms. The van der Waals surface area contributed by atoms with Gasteiger partial charge in [-0.15, -0.1) is 0 Å². The van der Waals surface area contributed by atoms with Gasteiger partial charge in [-0.2, -0.15) is 10.5 Å². The van der Waals surface area contributed by atoms with Gasteiger partial charge in [0.05, 0.1) is 24.3 Å². The summed E-state index contributed by atoms with van der Waals surface area (Å²) in [4.78, 5) is 0. The molecule has 0 heterocycles. The van der Waals surface area contributed by atoms with Crippen LogP contribution in [0, 0.1) is 29.6 Å². The molecule has 0 amide bonds. The SMILES string of the molecule is COc1ccc(COc2cc(C#N)ccc2C)cc1C#N. The third-order valence-electron chi connectivity index (χ3n) is 3.10. The molecule has 0 aliphatic carbocycles. The van der Waals surface area contributed by atoms with E-state index < -0.39 is 0 Å². The van der Waals surface area contributed by atoms with Crippen molar-refractivity contribution in [2.75, 3.05) is 7.11 Å². The maximum Gasteiger partial charge on any atom is 0.136 e. The smallest absolute Gasteiger partial charge is 0.136 e. The number of hydrogen-bond acceptors (Lipinski definition) is 4. The highest BCUT2D eigenvalue weighted by Crippen LogP contribution is 2.23. The van der Waals surface area contributed by atoms with E-state index in [0.29, 0.717) is 29.2 Å². The van der Waals surface area contributed by atoms with Gasteiger partial charge in [-0.05, 0) is 42.3 Å². The van der Waals surface area contributed by atoms with Crippen molar-refractivity contribution in [3.8, 4) is 23.6 Å². The molecule has 0 N–H and O–H groups in total. The fraction of sp³-hybridized carbons (Fsp3) is 0.176. The summed E-state index contributed by atoms with van der Waals surface area (Å²) < 4.78 is 10.8. The monoisotopic (exact) mass is 278 g/mol. The number of aryl methyl sites for hydroxylation is 1. The predicted molar refractivity (Wildman–Crippen MR) is 77.9 cm³/mol. The summed E-state index contributed by atoms with van der Waals surface area (Å²) in [6, 6.07) is 14.8. The van der Waals surface area contributed by atoms with Crippen molar-refractivity contribution in [3.05, 3.63) is 58.7 Å². The summed E-state index contributed by atoms with van der Waals surface area (Å²) in [6.45, 7) is 2.25. The van der Waals surface area contributed by atoms with Crippen molar-refractivity contribution in [3.63, 3.8) is 0 Å². The third kappa shape index (κ3) is 3.32. The van der Waals surface area contributed by atoms with E-state index in [1.807, 2.05) is 19.1 Å². The quantitative estimate of drug-likeness (QED) is 0.860. The van der Waals surface area contributed by atoms with Gasteiger partial charge in [0, 0.05) is 0 Å². The molecule has 2 rings (SSSR count). The Kier molecular flexibility index (Phi) is 4.43. The van der Waals surface area contributed by atoms with Crippen LogP contribution in [0.15, 0.2) is 36.4 Å². The average Bonchev–Trinajstić information content (AvgIpc) is 2.53. The highest BCUT2D eigenvalue weighted by Gasteiger charge is 2.06. The van der Waals surface area contributed by atoms with Gasteiger partial charge in [-0.1, -0.05) is 12.1 Å². The molecule has 21 heavy (non-hydrogen) atoms. The second kappa shape index (κ2) is 6.45. The van der Waals surface area contributed by atoms with Crippen molar-refractivity contribution >= 4 is 0 Å². The summed E-state index contributed by atoms with van der Waals surface area (Å²) in [7, 11) is 1.53. The lowest BCUT2D eigenvalue weighted by atomic mass is 10.1. The Labute approximate surface area is 123 Å². The molecule has 104 valence electrons. The largest absolute Gasteiger partial charge is 0.495 e. The number of ether oxygens (including phenoxy) is 2. The zero-order valence-corrected chi connectivity index (χ0v) is 11.9. The van der Waals surface area contributed by atoms with E-state index in [2.05, 4.69) is 12.1 Å². The van der Waals surface area contributed by atoms with Crippen LogP contribution < -0.4 is 9.47 Å².